The Balaban J connectivity index is 2.66. The van der Waals surface area contributed by atoms with Crippen molar-refractivity contribution in [2.24, 2.45) is 17.6 Å². The summed E-state index contributed by atoms with van der Waals surface area (Å²) in [5.41, 5.74) is 5.39. The smallest absolute Gasteiger partial charge is 0.316 e. The zero-order valence-corrected chi connectivity index (χ0v) is 9.24. The minimum absolute atomic E-state index is 0.238. The van der Waals surface area contributed by atoms with Gasteiger partial charge in [-0.25, -0.2) is 0 Å². The molecule has 86 valence electrons. The molecule has 0 aromatic rings. The number of hydrogen-bond acceptors (Lipinski definition) is 5. The molecule has 0 radical (unpaired) electrons. The lowest BCUT2D eigenvalue weighted by Crippen LogP contribution is -2.44. The highest BCUT2D eigenvalue weighted by atomic mass is 32.1. The van der Waals surface area contributed by atoms with Crippen molar-refractivity contribution in [1.29, 1.82) is 0 Å². The minimum Gasteiger partial charge on any atom is -0.481 e. The molecule has 1 fully saturated rings. The van der Waals surface area contributed by atoms with Gasteiger partial charge < -0.3 is 16.2 Å². The van der Waals surface area contributed by atoms with Gasteiger partial charge in [0.15, 0.2) is 5.78 Å². The molecule has 6 heteroatoms. The van der Waals surface area contributed by atoms with Gasteiger partial charge >= 0.3 is 5.97 Å². The summed E-state index contributed by atoms with van der Waals surface area (Å²) in [6.45, 7) is 1.43. The van der Waals surface area contributed by atoms with E-state index in [2.05, 4.69) is 17.9 Å². The van der Waals surface area contributed by atoms with Crippen molar-refractivity contribution in [3.63, 3.8) is 0 Å². The van der Waals surface area contributed by atoms with E-state index in [1.165, 1.54) is 0 Å². The first kappa shape index (κ1) is 12.5. The van der Waals surface area contributed by atoms with Gasteiger partial charge in [-0.05, 0) is 19.4 Å². The van der Waals surface area contributed by atoms with Gasteiger partial charge in [0.1, 0.15) is 5.92 Å². The van der Waals surface area contributed by atoms with Crippen LogP contribution in [0.4, 0.5) is 0 Å². The van der Waals surface area contributed by atoms with Crippen LogP contribution in [0.3, 0.4) is 0 Å². The van der Waals surface area contributed by atoms with Crippen LogP contribution in [-0.4, -0.2) is 35.3 Å². The van der Waals surface area contributed by atoms with Crippen LogP contribution < -0.4 is 11.1 Å². The molecule has 0 aromatic carbocycles. The molecule has 0 amide bonds. The average Bonchev–Trinajstić information content (AvgIpc) is 2.18. The molecule has 0 spiro atoms. The molecule has 5 nitrogen and oxygen atoms in total. The maximum Gasteiger partial charge on any atom is 0.316 e. The molecule has 0 saturated carbocycles. The first-order valence-corrected chi connectivity index (χ1v) is 5.46. The van der Waals surface area contributed by atoms with E-state index in [1.807, 2.05) is 0 Å². The maximum atomic E-state index is 11.8. The van der Waals surface area contributed by atoms with E-state index in [0.29, 0.717) is 6.54 Å². The van der Waals surface area contributed by atoms with Crippen LogP contribution in [0.15, 0.2) is 0 Å². The van der Waals surface area contributed by atoms with Crippen LogP contribution in [0.25, 0.3) is 0 Å². The summed E-state index contributed by atoms with van der Waals surface area (Å²) in [7, 11) is 0. The number of ketones is 1. The van der Waals surface area contributed by atoms with Crippen molar-refractivity contribution in [3.8, 4) is 0 Å². The molecule has 3 unspecified atom stereocenters. The number of nitrogens with one attached hydrogen (secondary N) is 1. The van der Waals surface area contributed by atoms with Crippen LogP contribution in [0, 0.1) is 11.8 Å². The van der Waals surface area contributed by atoms with E-state index in [0.717, 1.165) is 19.4 Å². The Labute approximate surface area is 93.8 Å². The number of piperidine rings is 1. The van der Waals surface area contributed by atoms with E-state index in [9.17, 15) is 9.59 Å². The molecule has 1 aliphatic rings. The van der Waals surface area contributed by atoms with Gasteiger partial charge in [-0.3, -0.25) is 9.59 Å². The van der Waals surface area contributed by atoms with E-state index in [-0.39, 0.29) is 11.7 Å². The van der Waals surface area contributed by atoms with E-state index >= 15 is 0 Å². The number of aliphatic carboxylic acids is 1. The van der Waals surface area contributed by atoms with Crippen molar-refractivity contribution >= 4 is 24.4 Å². The minimum atomic E-state index is -1.20. The Hall–Kier alpha value is -0.590. The van der Waals surface area contributed by atoms with Crippen LogP contribution in [-0.2, 0) is 9.59 Å². The highest BCUT2D eigenvalue weighted by Crippen LogP contribution is 2.19. The van der Waals surface area contributed by atoms with Crippen molar-refractivity contribution in [2.45, 2.75) is 18.2 Å². The van der Waals surface area contributed by atoms with Crippen molar-refractivity contribution in [3.05, 3.63) is 0 Å². The fourth-order valence-electron chi connectivity index (χ4n) is 1.78. The van der Waals surface area contributed by atoms with Gasteiger partial charge in [-0.2, -0.15) is 12.6 Å². The normalized spacial score (nSPS) is 25.6. The quantitative estimate of drug-likeness (QED) is 0.297. The molecule has 1 saturated heterocycles. The van der Waals surface area contributed by atoms with Gasteiger partial charge in [-0.15, -0.1) is 0 Å². The molecule has 3 atom stereocenters. The Morgan fingerprint density at radius 3 is 2.60 bits per heavy atom. The summed E-state index contributed by atoms with van der Waals surface area (Å²) < 4.78 is 0. The number of carboxylic acids is 1. The van der Waals surface area contributed by atoms with Gasteiger partial charge in [0, 0.05) is 12.5 Å². The lowest BCUT2D eigenvalue weighted by Gasteiger charge is -2.25. The molecule has 1 aliphatic heterocycles. The summed E-state index contributed by atoms with van der Waals surface area (Å²) in [5.74, 6) is -2.93. The van der Waals surface area contributed by atoms with Crippen LogP contribution in [0.5, 0.6) is 0 Å². The van der Waals surface area contributed by atoms with E-state index in [4.69, 9.17) is 10.8 Å². The second kappa shape index (κ2) is 5.48. The summed E-state index contributed by atoms with van der Waals surface area (Å²) in [5, 5.41) is 11.0. The number of Topliss-reactive ketones (excluding diaryl/α,β-unsaturated/α-hetero) is 1. The zero-order chi connectivity index (χ0) is 11.4. The number of nitrogens with two attached hydrogens (primary N) is 1. The summed E-state index contributed by atoms with van der Waals surface area (Å²) in [6.07, 6.45) is 1.63. The third-order valence-electron chi connectivity index (χ3n) is 2.61. The Morgan fingerprint density at radius 1 is 1.53 bits per heavy atom. The summed E-state index contributed by atoms with van der Waals surface area (Å²) in [4.78, 5) is 22.7. The molecule has 1 rings (SSSR count). The zero-order valence-electron chi connectivity index (χ0n) is 8.35. The van der Waals surface area contributed by atoms with E-state index < -0.39 is 17.3 Å². The number of carbonyl (C=O) groups is 2. The molecule has 0 aromatic heterocycles. The molecule has 0 aliphatic carbocycles. The fourth-order valence-corrected chi connectivity index (χ4v) is 2.06. The predicted molar refractivity (Wildman–Crippen MR) is 58.7 cm³/mol. The Morgan fingerprint density at radius 2 is 2.20 bits per heavy atom. The lowest BCUT2D eigenvalue weighted by molar-refractivity contribution is -0.147. The molecule has 0 bridgehead atoms. The SMILES string of the molecule is NC(S)C(C(=O)O)C(=O)C1CCCNC1. The summed E-state index contributed by atoms with van der Waals surface area (Å²) in [6, 6.07) is 0. The first-order chi connectivity index (χ1) is 7.04. The topological polar surface area (TPSA) is 92.4 Å². The molecular formula is C9H16N2O3S. The number of thiol groups is 1. The highest BCUT2D eigenvalue weighted by Gasteiger charge is 2.35. The Kier molecular flexibility index (Phi) is 4.56. The average molecular weight is 232 g/mol. The van der Waals surface area contributed by atoms with Gasteiger partial charge in [0.2, 0.25) is 0 Å². The largest absolute Gasteiger partial charge is 0.481 e. The predicted octanol–water partition coefficient (Wildman–Crippen LogP) is -0.530. The number of carboxylic acid groups (broad SMARTS) is 1. The standard InChI is InChI=1S/C9H16N2O3S/c10-8(15)6(9(13)14)7(12)5-2-1-3-11-4-5/h5-6,8,11,15H,1-4,10H2,(H,13,14). The maximum absolute atomic E-state index is 11.8. The molecule has 4 N–H and O–H groups in total. The van der Waals surface area contributed by atoms with Gasteiger partial charge in [-0.1, -0.05) is 0 Å². The van der Waals surface area contributed by atoms with Crippen molar-refractivity contribution in [2.75, 3.05) is 13.1 Å². The van der Waals surface area contributed by atoms with Crippen LogP contribution >= 0.6 is 12.6 Å². The van der Waals surface area contributed by atoms with Crippen molar-refractivity contribution < 1.29 is 14.7 Å². The highest BCUT2D eigenvalue weighted by molar-refractivity contribution is 7.81. The summed E-state index contributed by atoms with van der Waals surface area (Å²) >= 11 is 3.85. The Bertz CT molecular complexity index is 252. The van der Waals surface area contributed by atoms with E-state index in [1.54, 1.807) is 0 Å². The molecule has 1 heterocycles. The van der Waals surface area contributed by atoms with Crippen LogP contribution in [0.2, 0.25) is 0 Å². The molecule has 15 heavy (non-hydrogen) atoms. The molecular weight excluding hydrogens is 216 g/mol. The monoisotopic (exact) mass is 232 g/mol. The number of rotatable bonds is 4. The first-order valence-electron chi connectivity index (χ1n) is 4.95. The third-order valence-corrected chi connectivity index (χ3v) is 2.91. The van der Waals surface area contributed by atoms with Gasteiger partial charge in [0.25, 0.3) is 0 Å². The second-order valence-electron chi connectivity index (χ2n) is 3.75. The fraction of sp³-hybridized carbons (Fsp3) is 0.778. The number of hydrogen-bond donors (Lipinski definition) is 4. The van der Waals surface area contributed by atoms with Crippen molar-refractivity contribution in [1.82, 2.24) is 5.32 Å². The lowest BCUT2D eigenvalue weighted by atomic mass is 9.87. The number of carbonyl (C=O) groups excluding carboxylic acids is 1. The second-order valence-corrected chi connectivity index (χ2v) is 4.35. The third kappa shape index (κ3) is 3.19. The van der Waals surface area contributed by atoms with Crippen LogP contribution in [0.1, 0.15) is 12.8 Å². The van der Waals surface area contributed by atoms with Gasteiger partial charge in [0.05, 0.1) is 5.37 Å².